The van der Waals surface area contributed by atoms with Crippen LogP contribution >= 0.6 is 12.2 Å². The van der Waals surface area contributed by atoms with Gasteiger partial charge in [0.05, 0.1) is 4.99 Å². The van der Waals surface area contributed by atoms with Crippen molar-refractivity contribution >= 4 is 17.2 Å². The predicted octanol–water partition coefficient (Wildman–Crippen LogP) is 2.62. The smallest absolute Gasteiger partial charge is 0.0788 e. The van der Waals surface area contributed by atoms with Gasteiger partial charge in [0.15, 0.2) is 0 Å². The van der Waals surface area contributed by atoms with Crippen LogP contribution in [0.4, 0.5) is 0 Å². The molecule has 0 bridgehead atoms. The molecule has 1 aromatic rings. The number of hydrogen-bond donors (Lipinski definition) is 1. The molecule has 98 valence electrons. The minimum atomic E-state index is 0.0819. The van der Waals surface area contributed by atoms with Gasteiger partial charge in [-0.2, -0.15) is 0 Å². The first-order chi connectivity index (χ1) is 8.60. The number of rotatable bonds is 4. The van der Waals surface area contributed by atoms with E-state index in [1.807, 2.05) is 0 Å². The largest absolute Gasteiger partial charge is 0.393 e. The summed E-state index contributed by atoms with van der Waals surface area (Å²) in [5.74, 6) is 0. The summed E-state index contributed by atoms with van der Waals surface area (Å²) in [6.45, 7) is 5.56. The second-order valence-electron chi connectivity index (χ2n) is 5.50. The maximum absolute atomic E-state index is 5.82. The topological polar surface area (TPSA) is 29.3 Å². The van der Waals surface area contributed by atoms with Crippen LogP contribution < -0.4 is 5.73 Å². The Morgan fingerprint density at radius 1 is 1.28 bits per heavy atom. The molecule has 0 unspecified atom stereocenters. The third-order valence-corrected chi connectivity index (χ3v) is 4.61. The summed E-state index contributed by atoms with van der Waals surface area (Å²) in [5.41, 5.74) is 7.32. The van der Waals surface area contributed by atoms with Gasteiger partial charge in [0.2, 0.25) is 0 Å². The minimum absolute atomic E-state index is 0.0819. The van der Waals surface area contributed by atoms with E-state index in [0.29, 0.717) is 4.99 Å². The molecule has 0 aliphatic carbocycles. The van der Waals surface area contributed by atoms with E-state index in [-0.39, 0.29) is 5.41 Å². The molecule has 18 heavy (non-hydrogen) atoms. The third kappa shape index (κ3) is 3.30. The van der Waals surface area contributed by atoms with Crippen molar-refractivity contribution in [1.29, 1.82) is 0 Å². The fraction of sp³-hybridized carbons (Fsp3) is 0.533. The molecular formula is C15H22N2S. The molecule has 2 nitrogen and oxygen atoms in total. The first-order valence-electron chi connectivity index (χ1n) is 6.66. The molecule has 2 rings (SSSR count). The van der Waals surface area contributed by atoms with Crippen molar-refractivity contribution in [2.45, 2.75) is 26.2 Å². The fourth-order valence-electron chi connectivity index (χ4n) is 2.45. The first-order valence-corrected chi connectivity index (χ1v) is 7.07. The summed E-state index contributed by atoms with van der Waals surface area (Å²) in [6, 6.07) is 10.7. The van der Waals surface area contributed by atoms with E-state index in [1.54, 1.807) is 0 Å². The molecule has 1 aliphatic rings. The molecule has 1 aromatic carbocycles. The van der Waals surface area contributed by atoms with Crippen molar-refractivity contribution in [2.24, 2.45) is 11.1 Å². The van der Waals surface area contributed by atoms with Gasteiger partial charge in [-0.3, -0.25) is 0 Å². The lowest BCUT2D eigenvalue weighted by atomic mass is 9.80. The van der Waals surface area contributed by atoms with Gasteiger partial charge in [-0.25, -0.2) is 0 Å². The zero-order chi connectivity index (χ0) is 13.0. The van der Waals surface area contributed by atoms with Gasteiger partial charge >= 0.3 is 0 Å². The fourth-order valence-corrected chi connectivity index (χ4v) is 2.65. The molecule has 0 amide bonds. The van der Waals surface area contributed by atoms with E-state index in [4.69, 9.17) is 18.0 Å². The van der Waals surface area contributed by atoms with Crippen molar-refractivity contribution in [2.75, 3.05) is 19.6 Å². The van der Waals surface area contributed by atoms with Crippen LogP contribution in [-0.4, -0.2) is 29.5 Å². The Hall–Kier alpha value is -0.930. The van der Waals surface area contributed by atoms with Crippen molar-refractivity contribution in [3.8, 4) is 0 Å². The molecule has 1 fully saturated rings. The standard InChI is InChI=1S/C15H22N2S/c1-15(14(16)18)8-11-17(12-9-15)10-7-13-5-3-2-4-6-13/h2-6H,7-12H2,1H3,(H2,16,18). The summed E-state index contributed by atoms with van der Waals surface area (Å²) in [5, 5.41) is 0. The molecule has 0 aromatic heterocycles. The molecule has 1 aliphatic heterocycles. The molecular weight excluding hydrogens is 240 g/mol. The number of nitrogens with zero attached hydrogens (tertiary/aromatic N) is 1. The summed E-state index contributed by atoms with van der Waals surface area (Å²) in [6.07, 6.45) is 3.32. The number of thiocarbonyl (C=S) groups is 1. The van der Waals surface area contributed by atoms with E-state index in [1.165, 1.54) is 5.56 Å². The second-order valence-corrected chi connectivity index (χ2v) is 5.94. The van der Waals surface area contributed by atoms with Crippen molar-refractivity contribution in [3.63, 3.8) is 0 Å². The van der Waals surface area contributed by atoms with Gasteiger partial charge < -0.3 is 10.6 Å². The first kappa shape index (κ1) is 13.5. The Labute approximate surface area is 115 Å². The Morgan fingerprint density at radius 2 is 1.89 bits per heavy atom. The van der Waals surface area contributed by atoms with Crippen molar-refractivity contribution in [1.82, 2.24) is 4.90 Å². The highest BCUT2D eigenvalue weighted by molar-refractivity contribution is 7.80. The lowest BCUT2D eigenvalue weighted by molar-refractivity contribution is 0.166. The highest BCUT2D eigenvalue weighted by Crippen LogP contribution is 2.31. The Morgan fingerprint density at radius 3 is 2.44 bits per heavy atom. The van der Waals surface area contributed by atoms with Crippen LogP contribution in [0.3, 0.4) is 0 Å². The average molecular weight is 262 g/mol. The maximum Gasteiger partial charge on any atom is 0.0788 e. The van der Waals surface area contributed by atoms with Gasteiger partial charge in [0.1, 0.15) is 0 Å². The van der Waals surface area contributed by atoms with Gasteiger partial charge in [-0.1, -0.05) is 49.5 Å². The van der Waals surface area contributed by atoms with E-state index in [0.717, 1.165) is 38.9 Å². The van der Waals surface area contributed by atoms with Crippen LogP contribution in [0, 0.1) is 5.41 Å². The lowest BCUT2D eigenvalue weighted by Gasteiger charge is -2.38. The predicted molar refractivity (Wildman–Crippen MR) is 80.7 cm³/mol. The van der Waals surface area contributed by atoms with Crippen LogP contribution in [0.1, 0.15) is 25.3 Å². The zero-order valence-electron chi connectivity index (χ0n) is 11.1. The van der Waals surface area contributed by atoms with E-state index in [9.17, 15) is 0 Å². The average Bonchev–Trinajstić information content (AvgIpc) is 2.39. The summed E-state index contributed by atoms with van der Waals surface area (Å²) in [4.78, 5) is 3.21. The summed E-state index contributed by atoms with van der Waals surface area (Å²) < 4.78 is 0. The quantitative estimate of drug-likeness (QED) is 0.846. The monoisotopic (exact) mass is 262 g/mol. The second kappa shape index (κ2) is 5.81. The van der Waals surface area contributed by atoms with Crippen LogP contribution in [0.5, 0.6) is 0 Å². The molecule has 3 heteroatoms. The number of benzene rings is 1. The van der Waals surface area contributed by atoms with Gasteiger partial charge in [0.25, 0.3) is 0 Å². The molecule has 0 radical (unpaired) electrons. The lowest BCUT2D eigenvalue weighted by Crippen LogP contribution is -2.45. The van der Waals surface area contributed by atoms with Gasteiger partial charge in [0, 0.05) is 12.0 Å². The normalized spacial score (nSPS) is 19.6. The number of piperidine rings is 1. The third-order valence-electron chi connectivity index (χ3n) is 4.11. The molecule has 1 heterocycles. The highest BCUT2D eigenvalue weighted by atomic mass is 32.1. The zero-order valence-corrected chi connectivity index (χ0v) is 11.9. The van der Waals surface area contributed by atoms with Crippen LogP contribution in [-0.2, 0) is 6.42 Å². The van der Waals surface area contributed by atoms with Crippen LogP contribution in [0.15, 0.2) is 30.3 Å². The molecule has 0 spiro atoms. The summed E-state index contributed by atoms with van der Waals surface area (Å²) in [7, 11) is 0. The van der Waals surface area contributed by atoms with E-state index < -0.39 is 0 Å². The van der Waals surface area contributed by atoms with E-state index in [2.05, 4.69) is 42.2 Å². The van der Waals surface area contributed by atoms with Gasteiger partial charge in [-0.15, -0.1) is 0 Å². The highest BCUT2D eigenvalue weighted by Gasteiger charge is 2.32. The van der Waals surface area contributed by atoms with E-state index >= 15 is 0 Å². The minimum Gasteiger partial charge on any atom is -0.393 e. The van der Waals surface area contributed by atoms with Crippen molar-refractivity contribution < 1.29 is 0 Å². The Balaban J connectivity index is 1.79. The number of hydrogen-bond acceptors (Lipinski definition) is 2. The number of likely N-dealkylation sites (tertiary alicyclic amines) is 1. The van der Waals surface area contributed by atoms with Crippen molar-refractivity contribution in [3.05, 3.63) is 35.9 Å². The Kier molecular flexibility index (Phi) is 4.36. The van der Waals surface area contributed by atoms with Crippen LogP contribution in [0.25, 0.3) is 0 Å². The SMILES string of the molecule is CC1(C(N)=S)CCN(CCc2ccccc2)CC1. The molecule has 2 N–H and O–H groups in total. The molecule has 0 saturated carbocycles. The maximum atomic E-state index is 5.82. The summed E-state index contributed by atoms with van der Waals surface area (Å²) >= 11 is 5.17. The molecule has 0 atom stereocenters. The molecule has 1 saturated heterocycles. The Bertz CT molecular complexity index is 394. The number of nitrogens with two attached hydrogens (primary N) is 1. The van der Waals surface area contributed by atoms with Crippen LogP contribution in [0.2, 0.25) is 0 Å². The van der Waals surface area contributed by atoms with Gasteiger partial charge in [-0.05, 0) is 37.9 Å².